The van der Waals surface area contributed by atoms with E-state index in [1.54, 1.807) is 0 Å². The molecule has 0 radical (unpaired) electrons. The fourth-order valence-electron chi connectivity index (χ4n) is 4.06. The molecule has 6 heteroatoms. The molecule has 6 nitrogen and oxygen atoms in total. The molecule has 1 aliphatic heterocycles. The fraction of sp³-hybridized carbons (Fsp3) is 0.440. The number of carbonyl (C=O) groups excluding carboxylic acids is 1. The van der Waals surface area contributed by atoms with E-state index in [0.717, 1.165) is 42.9 Å². The Morgan fingerprint density at radius 3 is 2.65 bits per heavy atom. The first kappa shape index (κ1) is 21.2. The molecule has 0 spiro atoms. The third-order valence-corrected chi connectivity index (χ3v) is 5.62. The summed E-state index contributed by atoms with van der Waals surface area (Å²) in [6.07, 6.45) is 1.72. The van der Waals surface area contributed by atoms with Gasteiger partial charge in [0.1, 0.15) is 5.60 Å². The summed E-state index contributed by atoms with van der Waals surface area (Å²) in [6, 6.07) is 16.9. The number of amides is 1. The van der Waals surface area contributed by atoms with Crippen LogP contribution in [0.1, 0.15) is 44.7 Å². The number of nitrogens with one attached hydrogen (secondary N) is 1. The van der Waals surface area contributed by atoms with Crippen LogP contribution >= 0.6 is 0 Å². The summed E-state index contributed by atoms with van der Waals surface area (Å²) in [4.78, 5) is 19.3. The molecule has 2 aromatic carbocycles. The predicted octanol–water partition coefficient (Wildman–Crippen LogP) is 5.20. The van der Waals surface area contributed by atoms with E-state index in [-0.39, 0.29) is 12.1 Å². The molecular weight excluding hydrogens is 388 g/mol. The van der Waals surface area contributed by atoms with Gasteiger partial charge < -0.3 is 19.5 Å². The van der Waals surface area contributed by atoms with Crippen LogP contribution in [0.3, 0.4) is 0 Å². The molecule has 2 heterocycles. The summed E-state index contributed by atoms with van der Waals surface area (Å²) in [6.45, 7) is 9.94. The number of rotatable bonds is 5. The van der Waals surface area contributed by atoms with Crippen LogP contribution in [0.2, 0.25) is 0 Å². The maximum Gasteiger partial charge on any atom is 0.410 e. The molecule has 1 amide bonds. The van der Waals surface area contributed by atoms with Crippen LogP contribution < -0.4 is 5.32 Å². The molecule has 1 fully saturated rings. The summed E-state index contributed by atoms with van der Waals surface area (Å²) in [5.74, 6) is 0.831. The van der Waals surface area contributed by atoms with Gasteiger partial charge in [-0.3, -0.25) is 0 Å². The Bertz CT molecular complexity index is 1050. The number of fused-ring (bicyclic) bond motifs is 1. The smallest absolute Gasteiger partial charge is 0.410 e. The zero-order chi connectivity index (χ0) is 22.0. The Labute approximate surface area is 184 Å². The number of hydrogen-bond acceptors (Lipinski definition) is 4. The van der Waals surface area contributed by atoms with Crippen molar-refractivity contribution in [2.24, 2.45) is 0 Å². The summed E-state index contributed by atoms with van der Waals surface area (Å²) in [5, 5.41) is 3.53. The van der Waals surface area contributed by atoms with Crippen molar-refractivity contribution < 1.29 is 9.53 Å². The molecule has 1 saturated heterocycles. The van der Waals surface area contributed by atoms with Gasteiger partial charge in [-0.25, -0.2) is 9.78 Å². The number of nitrogens with zero attached hydrogens (tertiary/aromatic N) is 3. The van der Waals surface area contributed by atoms with Gasteiger partial charge in [-0.2, -0.15) is 0 Å². The van der Waals surface area contributed by atoms with E-state index in [9.17, 15) is 4.79 Å². The van der Waals surface area contributed by atoms with E-state index in [1.165, 1.54) is 11.1 Å². The SMILES string of the molecule is Cc1ccc(Cn2c(NC[C@H]3CCCN3C(=O)OC(C)(C)C)nc3ccccc32)cc1. The minimum absolute atomic E-state index is 0.0995. The van der Waals surface area contributed by atoms with Crippen molar-refractivity contribution in [2.45, 2.75) is 58.7 Å². The summed E-state index contributed by atoms with van der Waals surface area (Å²) >= 11 is 0. The zero-order valence-electron chi connectivity index (χ0n) is 18.9. The highest BCUT2D eigenvalue weighted by Crippen LogP contribution is 2.24. The first-order valence-electron chi connectivity index (χ1n) is 11.0. The molecule has 164 valence electrons. The van der Waals surface area contributed by atoms with Crippen molar-refractivity contribution in [3.8, 4) is 0 Å². The van der Waals surface area contributed by atoms with Crippen LogP contribution in [0.5, 0.6) is 0 Å². The van der Waals surface area contributed by atoms with Gasteiger partial charge in [0.25, 0.3) is 0 Å². The molecule has 1 atom stereocenters. The molecule has 1 aromatic heterocycles. The topological polar surface area (TPSA) is 59.4 Å². The summed E-state index contributed by atoms with van der Waals surface area (Å²) in [7, 11) is 0. The van der Waals surface area contributed by atoms with Crippen LogP contribution in [0.25, 0.3) is 11.0 Å². The quantitative estimate of drug-likeness (QED) is 0.616. The maximum absolute atomic E-state index is 12.6. The van der Waals surface area contributed by atoms with Crippen molar-refractivity contribution in [2.75, 3.05) is 18.4 Å². The number of imidazole rings is 1. The van der Waals surface area contributed by atoms with Crippen LogP contribution in [-0.2, 0) is 11.3 Å². The number of para-hydroxylation sites is 2. The Balaban J connectivity index is 1.53. The van der Waals surface area contributed by atoms with E-state index < -0.39 is 5.60 Å². The van der Waals surface area contributed by atoms with Crippen molar-refractivity contribution in [1.82, 2.24) is 14.5 Å². The van der Waals surface area contributed by atoms with Crippen LogP contribution in [0, 0.1) is 6.92 Å². The molecule has 1 N–H and O–H groups in total. The largest absolute Gasteiger partial charge is 0.444 e. The molecule has 0 bridgehead atoms. The van der Waals surface area contributed by atoms with E-state index >= 15 is 0 Å². The maximum atomic E-state index is 12.6. The number of anilines is 1. The molecule has 0 aliphatic carbocycles. The molecule has 4 rings (SSSR count). The van der Waals surface area contributed by atoms with E-state index in [2.05, 4.69) is 47.1 Å². The number of hydrogen-bond donors (Lipinski definition) is 1. The van der Waals surface area contributed by atoms with Gasteiger partial charge in [0, 0.05) is 13.1 Å². The van der Waals surface area contributed by atoms with Gasteiger partial charge in [0.2, 0.25) is 5.95 Å². The number of likely N-dealkylation sites (tertiary alicyclic amines) is 1. The second kappa shape index (κ2) is 8.61. The lowest BCUT2D eigenvalue weighted by atomic mass is 10.1. The van der Waals surface area contributed by atoms with E-state index in [0.29, 0.717) is 6.54 Å². The second-order valence-electron chi connectivity index (χ2n) is 9.35. The standard InChI is InChI=1S/C25H32N4O2/c1-18-11-13-19(14-12-18)17-29-22-10-6-5-9-21(22)27-23(29)26-16-20-8-7-15-28(20)24(30)31-25(2,3)4/h5-6,9-14,20H,7-8,15-17H2,1-4H3,(H,26,27)/t20-/m1/s1. The van der Waals surface area contributed by atoms with Crippen molar-refractivity contribution >= 4 is 23.1 Å². The van der Waals surface area contributed by atoms with Crippen LogP contribution in [0.4, 0.5) is 10.7 Å². The monoisotopic (exact) mass is 420 g/mol. The molecule has 0 unspecified atom stereocenters. The summed E-state index contributed by atoms with van der Waals surface area (Å²) in [5.41, 5.74) is 4.06. The minimum Gasteiger partial charge on any atom is -0.444 e. The Morgan fingerprint density at radius 1 is 1.16 bits per heavy atom. The van der Waals surface area contributed by atoms with Gasteiger partial charge >= 0.3 is 6.09 Å². The van der Waals surface area contributed by atoms with Gasteiger partial charge in [0.15, 0.2) is 0 Å². The average Bonchev–Trinajstić information content (AvgIpc) is 3.32. The van der Waals surface area contributed by atoms with Gasteiger partial charge in [-0.1, -0.05) is 42.0 Å². The Morgan fingerprint density at radius 2 is 1.90 bits per heavy atom. The van der Waals surface area contributed by atoms with Crippen LogP contribution in [0.15, 0.2) is 48.5 Å². The number of benzene rings is 2. The normalized spacial score (nSPS) is 16.6. The van der Waals surface area contributed by atoms with Crippen molar-refractivity contribution in [1.29, 1.82) is 0 Å². The Kier molecular flexibility index (Phi) is 5.90. The highest BCUT2D eigenvalue weighted by Gasteiger charge is 2.32. The van der Waals surface area contributed by atoms with E-state index in [4.69, 9.17) is 9.72 Å². The van der Waals surface area contributed by atoms with Gasteiger partial charge in [0.05, 0.1) is 23.6 Å². The Hall–Kier alpha value is -3.02. The molecule has 31 heavy (non-hydrogen) atoms. The first-order valence-corrected chi connectivity index (χ1v) is 11.0. The number of carbonyl (C=O) groups is 1. The number of ether oxygens (including phenoxy) is 1. The zero-order valence-corrected chi connectivity index (χ0v) is 18.9. The highest BCUT2D eigenvalue weighted by atomic mass is 16.6. The number of aromatic nitrogens is 2. The van der Waals surface area contributed by atoms with Gasteiger partial charge in [-0.15, -0.1) is 0 Å². The third kappa shape index (κ3) is 5.01. The molecular formula is C25H32N4O2. The van der Waals surface area contributed by atoms with E-state index in [1.807, 2.05) is 43.9 Å². The lowest BCUT2D eigenvalue weighted by Gasteiger charge is -2.28. The second-order valence-corrected chi connectivity index (χ2v) is 9.35. The molecule has 0 saturated carbocycles. The van der Waals surface area contributed by atoms with Crippen molar-refractivity contribution in [3.05, 3.63) is 59.7 Å². The molecule has 1 aliphatic rings. The lowest BCUT2D eigenvalue weighted by Crippen LogP contribution is -2.42. The predicted molar refractivity (Wildman–Crippen MR) is 124 cm³/mol. The van der Waals surface area contributed by atoms with Gasteiger partial charge in [-0.05, 0) is 58.2 Å². The minimum atomic E-state index is -0.486. The average molecular weight is 421 g/mol. The third-order valence-electron chi connectivity index (χ3n) is 5.62. The molecule has 3 aromatic rings. The van der Waals surface area contributed by atoms with Crippen LogP contribution in [-0.4, -0.2) is 45.3 Å². The number of aryl methyl sites for hydroxylation is 1. The lowest BCUT2D eigenvalue weighted by molar-refractivity contribution is 0.0235. The van der Waals surface area contributed by atoms with Crippen molar-refractivity contribution in [3.63, 3.8) is 0 Å². The first-order chi connectivity index (χ1) is 14.8. The fourth-order valence-corrected chi connectivity index (χ4v) is 4.06. The highest BCUT2D eigenvalue weighted by molar-refractivity contribution is 5.78. The summed E-state index contributed by atoms with van der Waals surface area (Å²) < 4.78 is 7.82.